The fraction of sp³-hybridized carbons (Fsp3) is 0.275. The van der Waals surface area contributed by atoms with Crippen molar-refractivity contribution in [3.05, 3.63) is 124 Å². The van der Waals surface area contributed by atoms with E-state index >= 15 is 0 Å². The number of primary amides is 1. The van der Waals surface area contributed by atoms with Gasteiger partial charge in [0.1, 0.15) is 31.0 Å². The number of carbonyl (C=O) groups excluding carboxylic acids is 5. The van der Waals surface area contributed by atoms with Crippen LogP contribution >= 0.6 is 0 Å². The summed E-state index contributed by atoms with van der Waals surface area (Å²) in [6.45, 7) is 3.54. The molecule has 4 aromatic rings. The highest BCUT2D eigenvalue weighted by Crippen LogP contribution is 2.44. The fourth-order valence-electron chi connectivity index (χ4n) is 6.17. The average molecular weight is 767 g/mol. The number of hydrogen-bond acceptors (Lipinski definition) is 10. The number of nitrogens with two attached hydrogens (primary N) is 1. The molecule has 16 heteroatoms. The molecular weight excluding hydrogens is 724 g/mol. The standard InChI is InChI=1S/C40H42N6O10/c1-24(2)35(45-39(50)54-23-33-31-10-5-3-8-29(31)30-9-4-6-11-32(30)33)37(48)44-34(12-7-21-42-38(41)49)36(47)43-26-15-13-25(14-16-26)22-55-40(51)56-28-19-17-27(18-20-28)46(52)53/h3-6,8-11,13-20,24,33-35H,7,12,21-23H2,1-2H3,(H,43,47)(H,44,48)(H,45,50)(H3,41,42,49)/t34-,35-/m0/s1. The molecule has 1 aliphatic carbocycles. The number of urea groups is 1. The minimum absolute atomic E-state index is 0.0569. The lowest BCUT2D eigenvalue weighted by Crippen LogP contribution is -2.54. The zero-order valence-corrected chi connectivity index (χ0v) is 30.7. The number of rotatable bonds is 16. The van der Waals surface area contributed by atoms with E-state index in [0.29, 0.717) is 17.7 Å². The molecule has 0 saturated heterocycles. The quantitative estimate of drug-likeness (QED) is 0.0305. The third kappa shape index (κ3) is 10.8. The predicted octanol–water partition coefficient (Wildman–Crippen LogP) is 5.75. The van der Waals surface area contributed by atoms with Crippen LogP contribution in [-0.4, -0.2) is 60.3 Å². The molecule has 16 nitrogen and oxygen atoms in total. The number of alkyl carbamates (subject to hydrolysis) is 1. The number of non-ortho nitro benzene ring substituents is 1. The van der Waals surface area contributed by atoms with Crippen LogP contribution in [-0.2, 0) is 25.7 Å². The number of ether oxygens (including phenoxy) is 3. The minimum atomic E-state index is -1.07. The number of amides is 5. The third-order valence-electron chi connectivity index (χ3n) is 8.99. The molecule has 5 amide bonds. The van der Waals surface area contributed by atoms with Crippen LogP contribution < -0.4 is 31.7 Å². The van der Waals surface area contributed by atoms with Gasteiger partial charge in [0.15, 0.2) is 0 Å². The van der Waals surface area contributed by atoms with Gasteiger partial charge in [0.2, 0.25) is 11.8 Å². The highest BCUT2D eigenvalue weighted by Gasteiger charge is 2.32. The van der Waals surface area contributed by atoms with Crippen molar-refractivity contribution < 1.29 is 43.1 Å². The molecule has 2 atom stereocenters. The third-order valence-corrected chi connectivity index (χ3v) is 8.99. The lowest BCUT2D eigenvalue weighted by atomic mass is 9.98. The number of benzene rings is 4. The number of nitro groups is 1. The van der Waals surface area contributed by atoms with Crippen LogP contribution in [0.15, 0.2) is 97.1 Å². The smallest absolute Gasteiger partial charge is 0.449 e. The topological polar surface area (TPSA) is 230 Å². The Balaban J connectivity index is 1.16. The summed E-state index contributed by atoms with van der Waals surface area (Å²) in [6, 6.07) is 24.3. The van der Waals surface area contributed by atoms with Crippen LogP contribution in [0.25, 0.3) is 11.1 Å². The highest BCUT2D eigenvalue weighted by atomic mass is 16.7. The second-order valence-electron chi connectivity index (χ2n) is 13.3. The summed E-state index contributed by atoms with van der Waals surface area (Å²) >= 11 is 0. The van der Waals surface area contributed by atoms with Crippen molar-refractivity contribution in [1.82, 2.24) is 16.0 Å². The molecule has 56 heavy (non-hydrogen) atoms. The number of anilines is 1. The fourth-order valence-corrected chi connectivity index (χ4v) is 6.17. The number of hydrogen-bond donors (Lipinski definition) is 5. The first-order valence-corrected chi connectivity index (χ1v) is 17.8. The Morgan fingerprint density at radius 1 is 0.804 bits per heavy atom. The van der Waals surface area contributed by atoms with Crippen LogP contribution in [0.4, 0.5) is 25.8 Å². The average Bonchev–Trinajstić information content (AvgIpc) is 3.50. The molecule has 5 rings (SSSR count). The molecule has 6 N–H and O–H groups in total. The van der Waals surface area contributed by atoms with Crippen LogP contribution in [0.2, 0.25) is 0 Å². The van der Waals surface area contributed by atoms with E-state index in [0.717, 1.165) is 22.3 Å². The highest BCUT2D eigenvalue weighted by molar-refractivity contribution is 5.98. The van der Waals surface area contributed by atoms with E-state index in [9.17, 15) is 34.1 Å². The number of carbonyl (C=O) groups is 5. The summed E-state index contributed by atoms with van der Waals surface area (Å²) in [6.07, 6.45) is -1.39. The lowest BCUT2D eigenvalue weighted by molar-refractivity contribution is -0.384. The summed E-state index contributed by atoms with van der Waals surface area (Å²) in [5, 5.41) is 21.4. The Hall–Kier alpha value is -6.97. The van der Waals surface area contributed by atoms with Gasteiger partial charge in [-0.05, 0) is 70.8 Å². The molecular formula is C40H42N6O10. The zero-order chi connectivity index (χ0) is 40.2. The molecule has 0 radical (unpaired) electrons. The van der Waals surface area contributed by atoms with Crippen molar-refractivity contribution in [2.45, 2.75) is 51.3 Å². The number of nitrogens with one attached hydrogen (secondary N) is 4. The first-order chi connectivity index (χ1) is 26.9. The van der Waals surface area contributed by atoms with Crippen LogP contribution in [0.5, 0.6) is 5.75 Å². The number of nitro benzene ring substituents is 1. The van der Waals surface area contributed by atoms with Gasteiger partial charge in [0.25, 0.3) is 5.69 Å². The molecule has 0 aromatic heterocycles. The number of fused-ring (bicyclic) bond motifs is 3. The molecule has 0 saturated carbocycles. The van der Waals surface area contributed by atoms with Crippen LogP contribution in [0, 0.1) is 16.0 Å². The van der Waals surface area contributed by atoms with Crippen molar-refractivity contribution in [2.24, 2.45) is 11.7 Å². The predicted molar refractivity (Wildman–Crippen MR) is 205 cm³/mol. The Kier molecular flexibility index (Phi) is 13.6. The number of nitrogens with zero attached hydrogens (tertiary/aromatic N) is 1. The van der Waals surface area contributed by atoms with E-state index in [1.165, 1.54) is 24.3 Å². The SMILES string of the molecule is CC(C)[C@H](NC(=O)OCC1c2ccccc2-c2ccccc21)C(=O)N[C@@H](CCCNC(N)=O)C(=O)Nc1ccc(COC(=O)Oc2ccc([N+](=O)[O-])cc2)cc1. The summed E-state index contributed by atoms with van der Waals surface area (Å²) < 4.78 is 15.8. The molecule has 0 bridgehead atoms. The molecule has 1 aliphatic rings. The monoisotopic (exact) mass is 766 g/mol. The Bertz CT molecular complexity index is 2010. The second-order valence-corrected chi connectivity index (χ2v) is 13.3. The van der Waals surface area contributed by atoms with Gasteiger partial charge in [0.05, 0.1) is 4.92 Å². The van der Waals surface area contributed by atoms with Crippen molar-refractivity contribution in [3.63, 3.8) is 0 Å². The van der Waals surface area contributed by atoms with E-state index in [1.54, 1.807) is 38.1 Å². The molecule has 0 aliphatic heterocycles. The summed E-state index contributed by atoms with van der Waals surface area (Å²) in [4.78, 5) is 73.8. The summed E-state index contributed by atoms with van der Waals surface area (Å²) in [5.74, 6) is -1.65. The Morgan fingerprint density at radius 3 is 2.02 bits per heavy atom. The van der Waals surface area contributed by atoms with E-state index in [2.05, 4.69) is 21.3 Å². The maximum Gasteiger partial charge on any atom is 0.514 e. The normalized spacial score (nSPS) is 12.6. The Labute approximate surface area is 322 Å². The van der Waals surface area contributed by atoms with Gasteiger partial charge in [-0.25, -0.2) is 14.4 Å². The van der Waals surface area contributed by atoms with Gasteiger partial charge in [-0.1, -0.05) is 74.5 Å². The largest absolute Gasteiger partial charge is 0.514 e. The van der Waals surface area contributed by atoms with Gasteiger partial charge in [-0.2, -0.15) is 0 Å². The maximum absolute atomic E-state index is 13.6. The molecule has 0 unspecified atom stereocenters. The molecule has 0 spiro atoms. The molecule has 4 aromatic carbocycles. The molecule has 0 fully saturated rings. The lowest BCUT2D eigenvalue weighted by Gasteiger charge is -2.25. The van der Waals surface area contributed by atoms with Gasteiger partial charge in [-0.3, -0.25) is 19.7 Å². The first-order valence-electron chi connectivity index (χ1n) is 17.8. The van der Waals surface area contributed by atoms with Gasteiger partial charge < -0.3 is 41.2 Å². The van der Waals surface area contributed by atoms with Crippen LogP contribution in [0.1, 0.15) is 49.3 Å². The van der Waals surface area contributed by atoms with Crippen molar-refractivity contribution in [3.8, 4) is 16.9 Å². The van der Waals surface area contributed by atoms with E-state index in [1.807, 2.05) is 48.5 Å². The minimum Gasteiger partial charge on any atom is -0.449 e. The van der Waals surface area contributed by atoms with Crippen molar-refractivity contribution in [1.29, 1.82) is 0 Å². The summed E-state index contributed by atoms with van der Waals surface area (Å²) in [5.41, 5.74) is 10.2. The van der Waals surface area contributed by atoms with E-state index in [-0.39, 0.29) is 49.5 Å². The zero-order valence-electron chi connectivity index (χ0n) is 30.7. The van der Waals surface area contributed by atoms with Gasteiger partial charge >= 0.3 is 18.3 Å². The molecule has 0 heterocycles. The first kappa shape index (κ1) is 40.2. The van der Waals surface area contributed by atoms with Crippen molar-refractivity contribution in [2.75, 3.05) is 18.5 Å². The van der Waals surface area contributed by atoms with Gasteiger partial charge in [0, 0.05) is 30.3 Å². The Morgan fingerprint density at radius 2 is 1.43 bits per heavy atom. The van der Waals surface area contributed by atoms with Crippen molar-refractivity contribution >= 4 is 41.5 Å². The molecule has 292 valence electrons. The van der Waals surface area contributed by atoms with Crippen LogP contribution in [0.3, 0.4) is 0 Å². The summed E-state index contributed by atoms with van der Waals surface area (Å²) in [7, 11) is 0. The van der Waals surface area contributed by atoms with E-state index in [4.69, 9.17) is 19.9 Å². The van der Waals surface area contributed by atoms with E-state index < -0.39 is 47.1 Å². The second kappa shape index (κ2) is 18.9. The van der Waals surface area contributed by atoms with Gasteiger partial charge in [-0.15, -0.1) is 0 Å². The maximum atomic E-state index is 13.6.